The fourth-order valence-electron chi connectivity index (χ4n) is 1.67. The van der Waals surface area contributed by atoms with Gasteiger partial charge in [-0.3, -0.25) is 0 Å². The third kappa shape index (κ3) is 2.30. The summed E-state index contributed by atoms with van der Waals surface area (Å²) in [5.41, 5.74) is 0.233. The zero-order valence-electron chi connectivity index (χ0n) is 10.3. The third-order valence-corrected chi connectivity index (χ3v) is 2.40. The molecule has 6 nitrogen and oxygen atoms in total. The van der Waals surface area contributed by atoms with Gasteiger partial charge in [-0.1, -0.05) is 0 Å². The lowest BCUT2D eigenvalue weighted by molar-refractivity contribution is 0.0691. The van der Waals surface area contributed by atoms with Gasteiger partial charge in [0, 0.05) is 0 Å². The number of benzene rings is 1. The number of hydrogen-bond acceptors (Lipinski definition) is 5. The fourth-order valence-corrected chi connectivity index (χ4v) is 1.67. The van der Waals surface area contributed by atoms with E-state index in [2.05, 4.69) is 0 Å². The molecule has 1 N–H and O–H groups in total. The Morgan fingerprint density at radius 3 is 2.28 bits per heavy atom. The summed E-state index contributed by atoms with van der Waals surface area (Å²) in [5, 5.41) is 17.9. The zero-order chi connectivity index (χ0) is 13.7. The summed E-state index contributed by atoms with van der Waals surface area (Å²) in [5.74, 6) is -0.614. The highest BCUT2D eigenvalue weighted by Gasteiger charge is 2.24. The van der Waals surface area contributed by atoms with Gasteiger partial charge in [-0.2, -0.15) is 5.26 Å². The second kappa shape index (κ2) is 5.77. The van der Waals surface area contributed by atoms with Crippen molar-refractivity contribution in [3.05, 3.63) is 17.2 Å². The van der Waals surface area contributed by atoms with Gasteiger partial charge >= 0.3 is 5.97 Å². The lowest BCUT2D eigenvalue weighted by Gasteiger charge is -2.16. The lowest BCUT2D eigenvalue weighted by atomic mass is 10.0. The molecule has 0 aliphatic heterocycles. The van der Waals surface area contributed by atoms with Crippen LogP contribution in [0.4, 0.5) is 0 Å². The largest absolute Gasteiger partial charge is 0.493 e. The van der Waals surface area contributed by atoms with Crippen LogP contribution in [0.3, 0.4) is 0 Å². The number of carboxylic acid groups (broad SMARTS) is 1. The first kappa shape index (κ1) is 13.6. The molecule has 0 saturated heterocycles. The Balaban J connectivity index is 3.64. The molecule has 0 radical (unpaired) electrons. The summed E-state index contributed by atoms with van der Waals surface area (Å²) in [6.07, 6.45) is -0.0572. The molecule has 0 bridgehead atoms. The second-order valence-electron chi connectivity index (χ2n) is 3.32. The van der Waals surface area contributed by atoms with Crippen LogP contribution in [0.5, 0.6) is 17.2 Å². The second-order valence-corrected chi connectivity index (χ2v) is 3.32. The van der Waals surface area contributed by atoms with Gasteiger partial charge in [-0.15, -0.1) is 0 Å². The van der Waals surface area contributed by atoms with E-state index >= 15 is 0 Å². The van der Waals surface area contributed by atoms with Crippen molar-refractivity contribution in [2.24, 2.45) is 0 Å². The summed E-state index contributed by atoms with van der Waals surface area (Å²) >= 11 is 0. The number of nitriles is 1. The first-order valence-electron chi connectivity index (χ1n) is 5.02. The molecule has 1 aromatic carbocycles. The molecule has 0 aliphatic rings. The minimum Gasteiger partial charge on any atom is -0.493 e. The number of methoxy groups -OCH3 is 3. The van der Waals surface area contributed by atoms with Gasteiger partial charge in [0.05, 0.1) is 33.8 Å². The molecule has 1 rings (SSSR count). The molecule has 1 aromatic rings. The van der Waals surface area contributed by atoms with Gasteiger partial charge in [0.1, 0.15) is 5.56 Å². The number of rotatable bonds is 5. The molecule has 0 saturated carbocycles. The van der Waals surface area contributed by atoms with E-state index in [-0.39, 0.29) is 23.5 Å². The number of aromatic carboxylic acids is 1. The van der Waals surface area contributed by atoms with Crippen molar-refractivity contribution in [2.75, 3.05) is 21.3 Å². The van der Waals surface area contributed by atoms with Crippen LogP contribution < -0.4 is 14.2 Å². The molecule has 18 heavy (non-hydrogen) atoms. The van der Waals surface area contributed by atoms with Crippen molar-refractivity contribution < 1.29 is 24.1 Å². The van der Waals surface area contributed by atoms with Crippen LogP contribution in [-0.4, -0.2) is 32.4 Å². The van der Waals surface area contributed by atoms with Gasteiger partial charge in [-0.05, 0) is 11.6 Å². The number of carboxylic acids is 1. The number of hydrogen-bond donors (Lipinski definition) is 1. The first-order valence-corrected chi connectivity index (χ1v) is 5.02. The maximum absolute atomic E-state index is 11.3. The third-order valence-electron chi connectivity index (χ3n) is 2.40. The molecule has 0 unspecified atom stereocenters. The molecular weight excluding hydrogens is 238 g/mol. The van der Waals surface area contributed by atoms with E-state index in [0.717, 1.165) is 0 Å². The Kier molecular flexibility index (Phi) is 4.38. The van der Waals surface area contributed by atoms with E-state index in [1.165, 1.54) is 27.4 Å². The van der Waals surface area contributed by atoms with Crippen molar-refractivity contribution in [1.82, 2.24) is 0 Å². The maximum Gasteiger partial charge on any atom is 0.339 e. The van der Waals surface area contributed by atoms with Crippen LogP contribution in [0.15, 0.2) is 6.07 Å². The molecular formula is C12H13NO5. The van der Waals surface area contributed by atoms with E-state index in [4.69, 9.17) is 19.5 Å². The molecule has 0 atom stereocenters. The molecule has 0 spiro atoms. The Hall–Kier alpha value is -2.42. The van der Waals surface area contributed by atoms with Gasteiger partial charge in [0.2, 0.25) is 5.75 Å². The molecule has 6 heteroatoms. The summed E-state index contributed by atoms with van der Waals surface area (Å²) in [6, 6.07) is 3.37. The standard InChI is InChI=1S/C12H13NO5/c1-16-8-6-7(4-5-13)9(12(14)15)11(18-3)10(8)17-2/h6H,4H2,1-3H3,(H,14,15). The van der Waals surface area contributed by atoms with Crippen LogP contribution in [0.1, 0.15) is 15.9 Å². The average molecular weight is 251 g/mol. The van der Waals surface area contributed by atoms with Gasteiger partial charge in [0.15, 0.2) is 11.5 Å². The highest BCUT2D eigenvalue weighted by Crippen LogP contribution is 2.42. The van der Waals surface area contributed by atoms with Crippen molar-refractivity contribution >= 4 is 5.97 Å². The van der Waals surface area contributed by atoms with Crippen molar-refractivity contribution in [2.45, 2.75) is 6.42 Å². The van der Waals surface area contributed by atoms with E-state index in [0.29, 0.717) is 11.3 Å². The van der Waals surface area contributed by atoms with Crippen LogP contribution in [0, 0.1) is 11.3 Å². The van der Waals surface area contributed by atoms with E-state index in [1.54, 1.807) is 0 Å². The Labute approximate surface area is 104 Å². The van der Waals surface area contributed by atoms with Crippen molar-refractivity contribution in [3.8, 4) is 23.3 Å². The zero-order valence-corrected chi connectivity index (χ0v) is 10.3. The summed E-state index contributed by atoms with van der Waals surface area (Å²) in [6.45, 7) is 0. The number of carbonyl (C=O) groups is 1. The van der Waals surface area contributed by atoms with Crippen LogP contribution in [-0.2, 0) is 6.42 Å². The highest BCUT2D eigenvalue weighted by atomic mass is 16.5. The van der Waals surface area contributed by atoms with Crippen LogP contribution in [0.2, 0.25) is 0 Å². The maximum atomic E-state index is 11.3. The summed E-state index contributed by atoms with van der Waals surface area (Å²) < 4.78 is 15.2. The van der Waals surface area contributed by atoms with E-state index in [1.807, 2.05) is 6.07 Å². The molecule has 0 amide bonds. The minimum absolute atomic E-state index is 0.0506. The molecule has 96 valence electrons. The predicted octanol–water partition coefficient (Wildman–Crippen LogP) is 1.48. The number of ether oxygens (including phenoxy) is 3. The fraction of sp³-hybridized carbons (Fsp3) is 0.333. The number of nitrogens with zero attached hydrogens (tertiary/aromatic N) is 1. The van der Waals surface area contributed by atoms with Gasteiger partial charge in [-0.25, -0.2) is 4.79 Å². The Morgan fingerprint density at radius 1 is 1.28 bits per heavy atom. The van der Waals surface area contributed by atoms with Crippen LogP contribution in [0.25, 0.3) is 0 Å². The van der Waals surface area contributed by atoms with Crippen LogP contribution >= 0.6 is 0 Å². The predicted molar refractivity (Wildman–Crippen MR) is 62.4 cm³/mol. The SMILES string of the molecule is COc1cc(CC#N)c(C(=O)O)c(OC)c1OC. The smallest absolute Gasteiger partial charge is 0.339 e. The first-order chi connectivity index (χ1) is 8.60. The molecule has 0 fully saturated rings. The van der Waals surface area contributed by atoms with Crippen molar-refractivity contribution in [1.29, 1.82) is 5.26 Å². The summed E-state index contributed by atoms with van der Waals surface area (Å²) in [7, 11) is 4.14. The van der Waals surface area contributed by atoms with Gasteiger partial charge < -0.3 is 19.3 Å². The molecule has 0 aliphatic carbocycles. The molecule has 0 heterocycles. The average Bonchev–Trinajstić information content (AvgIpc) is 2.36. The highest BCUT2D eigenvalue weighted by molar-refractivity contribution is 5.94. The van der Waals surface area contributed by atoms with Crippen molar-refractivity contribution in [3.63, 3.8) is 0 Å². The Bertz CT molecular complexity index is 504. The lowest BCUT2D eigenvalue weighted by Crippen LogP contribution is -2.08. The van der Waals surface area contributed by atoms with E-state index < -0.39 is 5.97 Å². The molecule has 0 aromatic heterocycles. The normalized spacial score (nSPS) is 9.44. The monoisotopic (exact) mass is 251 g/mol. The van der Waals surface area contributed by atoms with Gasteiger partial charge in [0.25, 0.3) is 0 Å². The topological polar surface area (TPSA) is 88.8 Å². The summed E-state index contributed by atoms with van der Waals surface area (Å²) in [4.78, 5) is 11.3. The minimum atomic E-state index is -1.18. The quantitative estimate of drug-likeness (QED) is 0.852. The Morgan fingerprint density at radius 2 is 1.89 bits per heavy atom. The van der Waals surface area contributed by atoms with E-state index in [9.17, 15) is 9.90 Å².